The van der Waals surface area contributed by atoms with Crippen molar-refractivity contribution in [3.8, 4) is 16.9 Å². The molecule has 35 heavy (non-hydrogen) atoms. The normalized spacial score (nSPS) is 16.0. The number of aromatic hydroxyl groups is 1. The number of nitrogens with zero attached hydrogens (tertiary/aromatic N) is 1. The molecule has 1 unspecified atom stereocenters. The first-order valence-corrected chi connectivity index (χ1v) is 13.5. The highest BCUT2D eigenvalue weighted by molar-refractivity contribution is 7.99. The van der Waals surface area contributed by atoms with Gasteiger partial charge in [0.25, 0.3) is 5.56 Å². The quantitative estimate of drug-likeness (QED) is 0.343. The van der Waals surface area contributed by atoms with Crippen molar-refractivity contribution < 1.29 is 23.4 Å². The highest BCUT2D eigenvalue weighted by Gasteiger charge is 2.31. The van der Waals surface area contributed by atoms with Gasteiger partial charge in [-0.15, -0.1) is 11.8 Å². The summed E-state index contributed by atoms with van der Waals surface area (Å²) in [6.45, 7) is 2.66. The number of thioether (sulfide) groups is 2. The number of phenols is 1. The van der Waals surface area contributed by atoms with Crippen LogP contribution in [-0.2, 0) is 6.18 Å². The fourth-order valence-electron chi connectivity index (χ4n) is 3.98. The zero-order valence-corrected chi connectivity index (χ0v) is 21.0. The summed E-state index contributed by atoms with van der Waals surface area (Å²) in [5.74, 6) is 2.07. The number of alkyl halides is 3. The third-order valence-electron chi connectivity index (χ3n) is 5.83. The van der Waals surface area contributed by atoms with Gasteiger partial charge in [-0.2, -0.15) is 24.9 Å². The van der Waals surface area contributed by atoms with Crippen LogP contribution < -0.4 is 5.56 Å². The van der Waals surface area contributed by atoms with Crippen LogP contribution in [-0.4, -0.2) is 63.1 Å². The number of rotatable bonds is 7. The summed E-state index contributed by atoms with van der Waals surface area (Å²) in [6, 6.07) is 7.25. The fraction of sp³-hybridized carbons (Fsp3) is 0.375. The van der Waals surface area contributed by atoms with Gasteiger partial charge in [0, 0.05) is 63.9 Å². The van der Waals surface area contributed by atoms with E-state index in [1.807, 2.05) is 11.8 Å². The molecule has 4 rings (SSSR count). The Morgan fingerprint density at radius 2 is 1.91 bits per heavy atom. The monoisotopic (exact) mass is 544 g/mol. The number of fused-ring (bicyclic) bond motifs is 1. The maximum atomic E-state index is 13.5. The van der Waals surface area contributed by atoms with E-state index in [-0.39, 0.29) is 43.5 Å². The smallest absolute Gasteiger partial charge is 0.416 e. The Hall–Kier alpha value is -1.85. The molecule has 1 saturated heterocycles. The fourth-order valence-corrected chi connectivity index (χ4v) is 6.21. The number of H-pyrrole nitrogens is 1. The van der Waals surface area contributed by atoms with Crippen LogP contribution in [0.15, 0.2) is 46.1 Å². The van der Waals surface area contributed by atoms with Crippen LogP contribution in [0.25, 0.3) is 22.0 Å². The van der Waals surface area contributed by atoms with E-state index in [4.69, 9.17) is 11.6 Å². The number of pyridine rings is 1. The van der Waals surface area contributed by atoms with E-state index in [2.05, 4.69) is 9.88 Å². The van der Waals surface area contributed by atoms with Gasteiger partial charge in [-0.3, -0.25) is 4.79 Å². The molecule has 0 bridgehead atoms. The second-order valence-electron chi connectivity index (χ2n) is 8.29. The molecule has 3 aromatic rings. The molecule has 0 saturated carbocycles. The minimum atomic E-state index is -4.59. The van der Waals surface area contributed by atoms with E-state index in [0.717, 1.165) is 55.0 Å². The number of aliphatic hydroxyl groups excluding tert-OH is 1. The molecule has 3 N–H and O–H groups in total. The molecule has 5 nitrogen and oxygen atoms in total. The number of phenolic OH excluding ortho intramolecular Hbond substituents is 1. The van der Waals surface area contributed by atoms with E-state index in [0.29, 0.717) is 6.42 Å². The molecule has 0 amide bonds. The molecule has 0 spiro atoms. The van der Waals surface area contributed by atoms with Gasteiger partial charge in [-0.25, -0.2) is 0 Å². The molecule has 1 aliphatic heterocycles. The van der Waals surface area contributed by atoms with Crippen LogP contribution in [0.5, 0.6) is 5.75 Å². The van der Waals surface area contributed by atoms with Crippen molar-refractivity contribution in [2.75, 3.05) is 36.9 Å². The average molecular weight is 545 g/mol. The number of benzene rings is 2. The van der Waals surface area contributed by atoms with Crippen molar-refractivity contribution in [2.24, 2.45) is 0 Å². The third kappa shape index (κ3) is 6.29. The van der Waals surface area contributed by atoms with Gasteiger partial charge in [0.15, 0.2) is 0 Å². The number of hydrogen-bond acceptors (Lipinski definition) is 6. The Morgan fingerprint density at radius 1 is 1.17 bits per heavy atom. The number of aromatic nitrogens is 1. The summed E-state index contributed by atoms with van der Waals surface area (Å²) in [4.78, 5) is 18.0. The Kier molecular flexibility index (Phi) is 8.27. The molecule has 1 atom stereocenters. The number of aromatic amines is 1. The SMILES string of the molecule is O=c1[nH]c2ccc(C(F)(F)F)cc2c(-c2cc(Cl)ccc2O)c1SCC(O)CCN1CCSCC1. The van der Waals surface area contributed by atoms with Crippen LogP contribution in [0.1, 0.15) is 12.0 Å². The van der Waals surface area contributed by atoms with Crippen LogP contribution in [0.2, 0.25) is 5.02 Å². The molecular weight excluding hydrogens is 521 g/mol. The first kappa shape index (κ1) is 26.2. The van der Waals surface area contributed by atoms with Crippen LogP contribution in [0.4, 0.5) is 13.2 Å². The molecule has 188 valence electrons. The number of hydrogen-bond donors (Lipinski definition) is 3. The summed E-state index contributed by atoms with van der Waals surface area (Å²) in [6.07, 6.45) is -4.79. The first-order valence-electron chi connectivity index (χ1n) is 11.0. The van der Waals surface area contributed by atoms with E-state index in [1.165, 1.54) is 24.3 Å². The Balaban J connectivity index is 1.72. The highest BCUT2D eigenvalue weighted by Crippen LogP contribution is 2.42. The van der Waals surface area contributed by atoms with E-state index < -0.39 is 23.4 Å². The van der Waals surface area contributed by atoms with Gasteiger partial charge in [-0.05, 0) is 42.8 Å². The van der Waals surface area contributed by atoms with Crippen molar-refractivity contribution in [2.45, 2.75) is 23.6 Å². The lowest BCUT2D eigenvalue weighted by molar-refractivity contribution is -0.137. The first-order chi connectivity index (χ1) is 16.6. The number of aliphatic hydroxyl groups is 1. The van der Waals surface area contributed by atoms with Gasteiger partial charge in [0.1, 0.15) is 5.75 Å². The third-order valence-corrected chi connectivity index (χ3v) is 8.24. The zero-order chi connectivity index (χ0) is 25.2. The molecule has 1 aromatic heterocycles. The van der Waals surface area contributed by atoms with Gasteiger partial charge in [0.05, 0.1) is 16.6 Å². The van der Waals surface area contributed by atoms with Gasteiger partial charge >= 0.3 is 6.18 Å². The molecule has 1 aliphatic rings. The highest BCUT2D eigenvalue weighted by atomic mass is 35.5. The maximum absolute atomic E-state index is 13.5. The second-order valence-corrected chi connectivity index (χ2v) is 11.0. The maximum Gasteiger partial charge on any atom is 0.416 e. The number of halogens is 4. The Bertz CT molecular complexity index is 1260. The molecule has 2 heterocycles. The summed E-state index contributed by atoms with van der Waals surface area (Å²) in [5.41, 5.74) is -0.895. The summed E-state index contributed by atoms with van der Waals surface area (Å²) >= 11 is 9.08. The van der Waals surface area contributed by atoms with E-state index in [9.17, 15) is 28.2 Å². The Morgan fingerprint density at radius 3 is 2.63 bits per heavy atom. The standard InChI is InChI=1S/C24H24ClF3N2O3S2/c25-15-2-4-20(32)18(12-15)21-17-11-14(24(26,27)28)1-3-19(17)29-23(33)22(21)35-13-16(31)5-6-30-7-9-34-10-8-30/h1-4,11-12,16,31-32H,5-10,13H2,(H,29,33). The largest absolute Gasteiger partial charge is 0.507 e. The van der Waals surface area contributed by atoms with Gasteiger partial charge < -0.3 is 20.1 Å². The van der Waals surface area contributed by atoms with Crippen LogP contribution in [0.3, 0.4) is 0 Å². The number of nitrogens with one attached hydrogen (secondary N) is 1. The summed E-state index contributed by atoms with van der Waals surface area (Å²) < 4.78 is 40.4. The molecule has 0 aliphatic carbocycles. The van der Waals surface area contributed by atoms with Crippen LogP contribution in [0, 0.1) is 0 Å². The molecule has 1 fully saturated rings. The van der Waals surface area contributed by atoms with Crippen molar-refractivity contribution in [3.05, 3.63) is 57.3 Å². The lowest BCUT2D eigenvalue weighted by Crippen LogP contribution is -2.35. The Labute approximate surface area is 213 Å². The second kappa shape index (κ2) is 11.0. The summed E-state index contributed by atoms with van der Waals surface area (Å²) in [5, 5.41) is 21.5. The average Bonchev–Trinajstić information content (AvgIpc) is 2.82. The predicted octanol–water partition coefficient (Wildman–Crippen LogP) is 5.46. The van der Waals surface area contributed by atoms with Gasteiger partial charge in [-0.1, -0.05) is 11.6 Å². The minimum Gasteiger partial charge on any atom is -0.507 e. The molecule has 0 radical (unpaired) electrons. The lowest BCUT2D eigenvalue weighted by atomic mass is 9.98. The lowest BCUT2D eigenvalue weighted by Gasteiger charge is -2.26. The predicted molar refractivity (Wildman–Crippen MR) is 137 cm³/mol. The van der Waals surface area contributed by atoms with E-state index >= 15 is 0 Å². The zero-order valence-electron chi connectivity index (χ0n) is 18.6. The van der Waals surface area contributed by atoms with Crippen molar-refractivity contribution in [3.63, 3.8) is 0 Å². The van der Waals surface area contributed by atoms with Crippen LogP contribution >= 0.6 is 35.1 Å². The summed E-state index contributed by atoms with van der Waals surface area (Å²) in [7, 11) is 0. The van der Waals surface area contributed by atoms with Crippen molar-refractivity contribution >= 4 is 46.0 Å². The van der Waals surface area contributed by atoms with Crippen molar-refractivity contribution in [1.29, 1.82) is 0 Å². The molecule has 11 heteroatoms. The van der Waals surface area contributed by atoms with Crippen molar-refractivity contribution in [1.82, 2.24) is 9.88 Å². The minimum absolute atomic E-state index is 0.114. The van der Waals surface area contributed by atoms with E-state index in [1.54, 1.807) is 0 Å². The van der Waals surface area contributed by atoms with Gasteiger partial charge in [0.2, 0.25) is 0 Å². The molecule has 2 aromatic carbocycles. The topological polar surface area (TPSA) is 76.6 Å². The molecular formula is C24H24ClF3N2O3S2.